The van der Waals surface area contributed by atoms with Crippen LogP contribution in [0.3, 0.4) is 0 Å². The molecule has 0 saturated heterocycles. The Morgan fingerprint density at radius 2 is 1.89 bits per heavy atom. The Morgan fingerprint density at radius 1 is 1.11 bits per heavy atom. The molecule has 1 aromatic carbocycles. The molecule has 0 saturated carbocycles. The van der Waals surface area contributed by atoms with Crippen molar-refractivity contribution in [2.24, 2.45) is 0 Å². The monoisotopic (exact) mass is 258 g/mol. The number of unbranched alkanes of at least 4 members (excludes halogenated alkanes) is 4. The summed E-state index contributed by atoms with van der Waals surface area (Å²) in [4.78, 5) is 12.1. The molecule has 19 heavy (non-hydrogen) atoms. The highest BCUT2D eigenvalue weighted by molar-refractivity contribution is 6.08. The third-order valence-corrected chi connectivity index (χ3v) is 3.70. The number of carbonyl (C=O) groups excluding carboxylic acids is 1. The summed E-state index contributed by atoms with van der Waals surface area (Å²) in [6.45, 7) is 4.26. The van der Waals surface area contributed by atoms with Crippen LogP contribution in [0.15, 0.2) is 30.0 Å². The molecule has 2 nitrogen and oxygen atoms in total. The number of ketones is 1. The highest BCUT2D eigenvalue weighted by Crippen LogP contribution is 2.19. The number of fused-ring (bicyclic) bond motifs is 1. The van der Waals surface area contributed by atoms with E-state index in [1.54, 1.807) is 0 Å². The molecule has 0 unspecified atom stereocenters. The Labute approximate surface area is 115 Å². The molecule has 2 N–H and O–H groups in total. The lowest BCUT2D eigenvalue weighted by molar-refractivity contribution is -0.521. The normalized spacial score (nSPS) is 14.2. The minimum atomic E-state index is 0.171. The maximum Gasteiger partial charge on any atom is 0.197 e. The summed E-state index contributed by atoms with van der Waals surface area (Å²) in [5.41, 5.74) is 4.28. The molecule has 1 aliphatic rings. The molecule has 1 heterocycles. The van der Waals surface area contributed by atoms with E-state index in [9.17, 15) is 4.79 Å². The lowest BCUT2D eigenvalue weighted by atomic mass is 9.99. The van der Waals surface area contributed by atoms with Crippen molar-refractivity contribution in [2.45, 2.75) is 52.4 Å². The lowest BCUT2D eigenvalue weighted by Crippen LogP contribution is -2.77. The number of carbonyl (C=O) groups is 1. The molecule has 0 amide bonds. The summed E-state index contributed by atoms with van der Waals surface area (Å²) in [7, 11) is 0. The second kappa shape index (κ2) is 6.67. The van der Waals surface area contributed by atoms with Gasteiger partial charge in [-0.3, -0.25) is 10.1 Å². The SMILES string of the molecule is CCCCCCCC1=CC(=O)c2cc(C)ccc2[NH2+]1. The number of benzene rings is 1. The van der Waals surface area contributed by atoms with Gasteiger partial charge in [0.25, 0.3) is 0 Å². The third kappa shape index (κ3) is 3.77. The molecule has 2 rings (SSSR count). The average molecular weight is 258 g/mol. The highest BCUT2D eigenvalue weighted by Gasteiger charge is 2.21. The first-order valence-electron chi connectivity index (χ1n) is 7.41. The largest absolute Gasteiger partial charge is 0.289 e. The van der Waals surface area contributed by atoms with Crippen molar-refractivity contribution in [1.29, 1.82) is 0 Å². The highest BCUT2D eigenvalue weighted by atomic mass is 16.1. The minimum Gasteiger partial charge on any atom is -0.289 e. The van der Waals surface area contributed by atoms with Gasteiger partial charge in [-0.15, -0.1) is 0 Å². The van der Waals surface area contributed by atoms with E-state index >= 15 is 0 Å². The smallest absolute Gasteiger partial charge is 0.197 e. The zero-order chi connectivity index (χ0) is 13.7. The molecule has 0 aromatic heterocycles. The van der Waals surface area contributed by atoms with Crippen LogP contribution < -0.4 is 5.32 Å². The van der Waals surface area contributed by atoms with E-state index in [0.717, 1.165) is 23.2 Å². The molecule has 0 bridgehead atoms. The van der Waals surface area contributed by atoms with E-state index in [4.69, 9.17) is 0 Å². The number of nitrogens with two attached hydrogens (primary N) is 1. The summed E-state index contributed by atoms with van der Waals surface area (Å²) in [5.74, 6) is 0.171. The molecule has 0 aliphatic carbocycles. The van der Waals surface area contributed by atoms with Gasteiger partial charge < -0.3 is 0 Å². The van der Waals surface area contributed by atoms with Gasteiger partial charge in [0.15, 0.2) is 5.78 Å². The van der Waals surface area contributed by atoms with Crippen LogP contribution in [0.25, 0.3) is 0 Å². The van der Waals surface area contributed by atoms with Crippen LogP contribution in [0, 0.1) is 6.92 Å². The van der Waals surface area contributed by atoms with Gasteiger partial charge in [-0.05, 0) is 25.0 Å². The minimum absolute atomic E-state index is 0.171. The van der Waals surface area contributed by atoms with Crippen molar-refractivity contribution in [3.8, 4) is 0 Å². The van der Waals surface area contributed by atoms with Crippen molar-refractivity contribution >= 4 is 11.5 Å². The summed E-state index contributed by atoms with van der Waals surface area (Å²) in [5, 5.41) is 2.18. The van der Waals surface area contributed by atoms with Crippen molar-refractivity contribution in [3.05, 3.63) is 41.1 Å². The van der Waals surface area contributed by atoms with E-state index in [2.05, 4.69) is 24.4 Å². The van der Waals surface area contributed by atoms with E-state index in [0.29, 0.717) is 0 Å². The van der Waals surface area contributed by atoms with E-state index in [1.165, 1.54) is 37.8 Å². The van der Waals surface area contributed by atoms with Crippen LogP contribution in [0.2, 0.25) is 0 Å². The molecule has 0 atom stereocenters. The zero-order valence-corrected chi connectivity index (χ0v) is 12.0. The van der Waals surface area contributed by atoms with Crippen LogP contribution >= 0.6 is 0 Å². The van der Waals surface area contributed by atoms with Crippen molar-refractivity contribution < 1.29 is 10.1 Å². The molecule has 2 heteroatoms. The Hall–Kier alpha value is -1.41. The molecule has 0 radical (unpaired) electrons. The number of hydrogen-bond acceptors (Lipinski definition) is 1. The van der Waals surface area contributed by atoms with Gasteiger partial charge in [-0.1, -0.05) is 38.7 Å². The first kappa shape index (κ1) is 14.0. The first-order valence-corrected chi connectivity index (χ1v) is 7.41. The number of quaternary nitrogens is 1. The lowest BCUT2D eigenvalue weighted by Gasteiger charge is -2.13. The number of allylic oxidation sites excluding steroid dienone is 2. The molecule has 1 aromatic rings. The van der Waals surface area contributed by atoms with Crippen LogP contribution in [0.5, 0.6) is 0 Å². The second-order valence-electron chi connectivity index (χ2n) is 5.48. The van der Waals surface area contributed by atoms with Crippen molar-refractivity contribution in [3.63, 3.8) is 0 Å². The summed E-state index contributed by atoms with van der Waals surface area (Å²) in [6, 6.07) is 6.13. The Bertz CT molecular complexity index is 488. The first-order chi connectivity index (χ1) is 9.20. The zero-order valence-electron chi connectivity index (χ0n) is 12.0. The maximum absolute atomic E-state index is 12.1. The summed E-state index contributed by atoms with van der Waals surface area (Å²) < 4.78 is 0. The standard InChI is InChI=1S/C17H23NO/c1-3-4-5-6-7-8-14-12-17(19)15-11-13(2)9-10-16(15)18-14/h9-12H,3-8H2,1-2H3,(H,18,19)/p+1. The Kier molecular flexibility index (Phi) is 4.92. The van der Waals surface area contributed by atoms with Crippen molar-refractivity contribution in [1.82, 2.24) is 0 Å². The van der Waals surface area contributed by atoms with Gasteiger partial charge in [0.05, 0.1) is 5.56 Å². The van der Waals surface area contributed by atoms with Gasteiger partial charge in [0.1, 0.15) is 11.4 Å². The topological polar surface area (TPSA) is 33.7 Å². The number of hydrogen-bond donors (Lipinski definition) is 1. The summed E-state index contributed by atoms with van der Waals surface area (Å²) >= 11 is 0. The fraction of sp³-hybridized carbons (Fsp3) is 0.471. The molecular weight excluding hydrogens is 234 g/mol. The Morgan fingerprint density at radius 3 is 2.68 bits per heavy atom. The Balaban J connectivity index is 1.92. The van der Waals surface area contributed by atoms with Crippen LogP contribution in [-0.4, -0.2) is 5.78 Å². The predicted octanol–water partition coefficient (Wildman–Crippen LogP) is 3.63. The predicted molar refractivity (Wildman–Crippen MR) is 78.6 cm³/mol. The van der Waals surface area contributed by atoms with Gasteiger partial charge in [0, 0.05) is 18.6 Å². The van der Waals surface area contributed by atoms with Crippen LogP contribution in [0.4, 0.5) is 5.69 Å². The van der Waals surface area contributed by atoms with Gasteiger partial charge >= 0.3 is 0 Å². The average Bonchev–Trinajstić information content (AvgIpc) is 2.39. The molecule has 0 spiro atoms. The molecule has 0 fully saturated rings. The van der Waals surface area contributed by atoms with E-state index < -0.39 is 0 Å². The van der Waals surface area contributed by atoms with E-state index in [1.807, 2.05) is 19.1 Å². The molecular formula is C17H24NO+. The van der Waals surface area contributed by atoms with Gasteiger partial charge in [-0.2, -0.15) is 0 Å². The number of aryl methyl sites for hydroxylation is 1. The van der Waals surface area contributed by atoms with Gasteiger partial charge in [0.2, 0.25) is 0 Å². The molecule has 1 aliphatic heterocycles. The molecule has 102 valence electrons. The van der Waals surface area contributed by atoms with Crippen LogP contribution in [-0.2, 0) is 0 Å². The fourth-order valence-corrected chi connectivity index (χ4v) is 2.57. The second-order valence-corrected chi connectivity index (χ2v) is 5.48. The van der Waals surface area contributed by atoms with Gasteiger partial charge in [-0.25, -0.2) is 0 Å². The third-order valence-electron chi connectivity index (χ3n) is 3.70. The van der Waals surface area contributed by atoms with Crippen LogP contribution in [0.1, 0.15) is 61.4 Å². The summed E-state index contributed by atoms with van der Waals surface area (Å²) in [6.07, 6.45) is 9.23. The fourth-order valence-electron chi connectivity index (χ4n) is 2.57. The quantitative estimate of drug-likeness (QED) is 0.613. The number of rotatable bonds is 6. The maximum atomic E-state index is 12.1. The van der Waals surface area contributed by atoms with Crippen molar-refractivity contribution in [2.75, 3.05) is 0 Å². The van der Waals surface area contributed by atoms with E-state index in [-0.39, 0.29) is 5.78 Å².